The molecule has 0 saturated carbocycles. The van der Waals surface area contributed by atoms with E-state index in [9.17, 15) is 14.4 Å². The fourth-order valence-corrected chi connectivity index (χ4v) is 5.93. The predicted molar refractivity (Wildman–Crippen MR) is 180 cm³/mol. The number of Topliss-reactive ketones (excluding diaryl/α,β-unsaturated/α-hetero) is 1. The van der Waals surface area contributed by atoms with Crippen LogP contribution < -0.4 is 15.5 Å². The van der Waals surface area contributed by atoms with Crippen molar-refractivity contribution in [3.05, 3.63) is 29.8 Å². The Kier molecular flexibility index (Phi) is 18.9. The average molecular weight is 622 g/mol. The van der Waals surface area contributed by atoms with Crippen LogP contribution in [0.15, 0.2) is 29.4 Å². The van der Waals surface area contributed by atoms with Gasteiger partial charge in [0.1, 0.15) is 11.5 Å². The zero-order valence-electron chi connectivity index (χ0n) is 27.1. The summed E-state index contributed by atoms with van der Waals surface area (Å²) in [4.78, 5) is 36.1. The summed E-state index contributed by atoms with van der Waals surface area (Å²) in [7, 11) is 3.35. The highest BCUT2D eigenvalue weighted by Crippen LogP contribution is 2.25. The molecule has 1 aromatic rings. The van der Waals surface area contributed by atoms with E-state index >= 15 is 0 Å². The van der Waals surface area contributed by atoms with Crippen molar-refractivity contribution in [3.63, 3.8) is 0 Å². The summed E-state index contributed by atoms with van der Waals surface area (Å²) in [6.45, 7) is 15.8. The SMILES string of the molecule is C/C(=N\NC(=O)CCSSCCCC(=O)C(C)(C)C)c1ccc(OCCCC(=O)NCCCCCCC(C)(C)C)cc1. The Bertz CT molecular complexity index is 967. The van der Waals surface area contributed by atoms with Gasteiger partial charge < -0.3 is 10.1 Å². The quantitative estimate of drug-likeness (QED) is 0.0626. The largest absolute Gasteiger partial charge is 0.494 e. The zero-order chi connectivity index (χ0) is 31.4. The Balaban J connectivity index is 2.14. The van der Waals surface area contributed by atoms with Gasteiger partial charge in [-0.2, -0.15) is 5.10 Å². The molecule has 0 atom stereocenters. The van der Waals surface area contributed by atoms with Crippen LogP contribution in [0, 0.1) is 10.8 Å². The number of ether oxygens (including phenoxy) is 1. The summed E-state index contributed by atoms with van der Waals surface area (Å²) in [5.41, 5.74) is 4.38. The van der Waals surface area contributed by atoms with E-state index in [2.05, 4.69) is 36.6 Å². The van der Waals surface area contributed by atoms with Gasteiger partial charge in [-0.1, -0.05) is 82.4 Å². The molecule has 2 N–H and O–H groups in total. The van der Waals surface area contributed by atoms with Crippen LogP contribution in [0.5, 0.6) is 5.75 Å². The van der Waals surface area contributed by atoms with Crippen LogP contribution in [0.25, 0.3) is 0 Å². The van der Waals surface area contributed by atoms with Crippen molar-refractivity contribution in [2.24, 2.45) is 15.9 Å². The van der Waals surface area contributed by atoms with Crippen molar-refractivity contribution in [1.29, 1.82) is 0 Å². The van der Waals surface area contributed by atoms with Crippen LogP contribution in [0.3, 0.4) is 0 Å². The number of nitrogens with zero attached hydrogens (tertiary/aromatic N) is 1. The molecule has 0 spiro atoms. The molecule has 0 aliphatic heterocycles. The summed E-state index contributed by atoms with van der Waals surface area (Å²) in [6.07, 6.45) is 8.91. The number of hydrogen-bond donors (Lipinski definition) is 2. The van der Waals surface area contributed by atoms with Crippen molar-refractivity contribution in [3.8, 4) is 5.75 Å². The smallest absolute Gasteiger partial charge is 0.240 e. The third kappa shape index (κ3) is 20.0. The molecule has 0 aliphatic carbocycles. The first-order chi connectivity index (χ1) is 19.8. The van der Waals surface area contributed by atoms with E-state index in [1.54, 1.807) is 21.6 Å². The Morgan fingerprint density at radius 3 is 2.12 bits per heavy atom. The summed E-state index contributed by atoms with van der Waals surface area (Å²) >= 11 is 0. The molecule has 0 bridgehead atoms. The highest BCUT2D eigenvalue weighted by atomic mass is 33.1. The number of unbranched alkanes of at least 4 members (excludes halogenated alkanes) is 3. The van der Waals surface area contributed by atoms with Crippen LogP contribution in [-0.2, 0) is 14.4 Å². The number of carbonyl (C=O) groups is 3. The number of hydrazone groups is 1. The maximum Gasteiger partial charge on any atom is 0.240 e. The normalized spacial score (nSPS) is 12.2. The second kappa shape index (κ2) is 20.8. The van der Waals surface area contributed by atoms with Gasteiger partial charge in [0.15, 0.2) is 0 Å². The molecule has 7 nitrogen and oxygen atoms in total. The lowest BCUT2D eigenvalue weighted by molar-refractivity contribution is -0.126. The Morgan fingerprint density at radius 2 is 1.45 bits per heavy atom. The second-order valence-corrected chi connectivity index (χ2v) is 15.7. The minimum absolute atomic E-state index is 0.0826. The van der Waals surface area contributed by atoms with E-state index in [1.165, 1.54) is 19.3 Å². The lowest BCUT2D eigenvalue weighted by Gasteiger charge is -2.17. The minimum atomic E-state index is -0.268. The highest BCUT2D eigenvalue weighted by Gasteiger charge is 2.20. The van der Waals surface area contributed by atoms with Gasteiger partial charge in [0, 0.05) is 42.7 Å². The van der Waals surface area contributed by atoms with Gasteiger partial charge >= 0.3 is 0 Å². The van der Waals surface area contributed by atoms with E-state index in [4.69, 9.17) is 4.74 Å². The first-order valence-electron chi connectivity index (χ1n) is 15.4. The molecule has 42 heavy (non-hydrogen) atoms. The lowest BCUT2D eigenvalue weighted by atomic mass is 9.88. The molecule has 0 aliphatic rings. The maximum absolute atomic E-state index is 12.1. The lowest BCUT2D eigenvalue weighted by Crippen LogP contribution is -2.24. The summed E-state index contributed by atoms with van der Waals surface area (Å²) in [5, 5.41) is 7.23. The van der Waals surface area contributed by atoms with E-state index in [0.29, 0.717) is 55.0 Å². The molecule has 1 aromatic carbocycles. The molecule has 9 heteroatoms. The Labute approximate surface area is 262 Å². The average Bonchev–Trinajstić information content (AvgIpc) is 2.92. The second-order valence-electron chi connectivity index (χ2n) is 13.0. The molecule has 0 aromatic heterocycles. The van der Waals surface area contributed by atoms with E-state index in [1.807, 2.05) is 52.0 Å². The number of carbonyl (C=O) groups excluding carboxylic acids is 3. The van der Waals surface area contributed by atoms with Gasteiger partial charge in [0.25, 0.3) is 0 Å². The van der Waals surface area contributed by atoms with Crippen molar-refractivity contribution < 1.29 is 19.1 Å². The summed E-state index contributed by atoms with van der Waals surface area (Å²) < 4.78 is 5.78. The van der Waals surface area contributed by atoms with Crippen LogP contribution in [-0.4, -0.2) is 48.0 Å². The number of benzene rings is 1. The molecule has 2 amide bonds. The first-order valence-corrected chi connectivity index (χ1v) is 17.9. The van der Waals surface area contributed by atoms with Gasteiger partial charge in [-0.05, 0) is 67.9 Å². The highest BCUT2D eigenvalue weighted by molar-refractivity contribution is 8.76. The fraction of sp³-hybridized carbons (Fsp3) is 0.697. The number of rotatable bonds is 21. The first kappa shape index (κ1) is 38.0. The van der Waals surface area contributed by atoms with Crippen LogP contribution >= 0.6 is 21.6 Å². The maximum atomic E-state index is 12.1. The minimum Gasteiger partial charge on any atom is -0.494 e. The van der Waals surface area contributed by atoms with Gasteiger partial charge in [0.05, 0.1) is 12.3 Å². The van der Waals surface area contributed by atoms with Crippen LogP contribution in [0.2, 0.25) is 0 Å². The van der Waals surface area contributed by atoms with Crippen LogP contribution in [0.1, 0.15) is 118 Å². The fourth-order valence-electron chi connectivity index (χ4n) is 3.85. The van der Waals surface area contributed by atoms with Crippen molar-refractivity contribution in [2.45, 2.75) is 113 Å². The number of nitrogens with one attached hydrogen (secondary N) is 2. The Morgan fingerprint density at radius 1 is 0.786 bits per heavy atom. The molecule has 0 saturated heterocycles. The molecule has 1 rings (SSSR count). The van der Waals surface area contributed by atoms with Crippen molar-refractivity contribution in [2.75, 3.05) is 24.7 Å². The number of amides is 2. The van der Waals surface area contributed by atoms with Gasteiger partial charge in [-0.25, -0.2) is 5.43 Å². The molecule has 0 fully saturated rings. The molecule has 0 unspecified atom stereocenters. The molecule has 0 heterocycles. The topological polar surface area (TPSA) is 96.9 Å². The van der Waals surface area contributed by atoms with E-state index < -0.39 is 0 Å². The van der Waals surface area contributed by atoms with Crippen LogP contribution in [0.4, 0.5) is 0 Å². The van der Waals surface area contributed by atoms with Crippen molar-refractivity contribution in [1.82, 2.24) is 10.7 Å². The van der Waals surface area contributed by atoms with Crippen molar-refractivity contribution >= 4 is 44.9 Å². The van der Waals surface area contributed by atoms with Gasteiger partial charge in [-0.15, -0.1) is 0 Å². The number of ketones is 1. The molecule has 0 radical (unpaired) electrons. The molecule has 238 valence electrons. The number of hydrogen-bond acceptors (Lipinski definition) is 7. The van der Waals surface area contributed by atoms with Gasteiger partial charge in [0.2, 0.25) is 11.8 Å². The third-order valence-electron chi connectivity index (χ3n) is 6.58. The van der Waals surface area contributed by atoms with Gasteiger partial charge in [-0.3, -0.25) is 14.4 Å². The molecular weight excluding hydrogens is 567 g/mol. The summed E-state index contributed by atoms with van der Waals surface area (Å²) in [5.74, 6) is 2.60. The van der Waals surface area contributed by atoms with E-state index in [-0.39, 0.29) is 17.2 Å². The Hall–Kier alpha value is -2.00. The predicted octanol–water partition coefficient (Wildman–Crippen LogP) is 7.97. The zero-order valence-corrected chi connectivity index (χ0v) is 28.7. The standard InChI is InChI=1S/C33H55N3O4S2/c1-26(35-36-31(39)20-25-42-41-24-13-14-29(37)33(5,6)7)27-16-18-28(19-17-27)40-23-12-15-30(38)34-22-11-9-8-10-21-32(2,3)4/h16-19H,8-15,20-25H2,1-7H3,(H,34,38)(H,36,39)/b35-26+. The third-order valence-corrected chi connectivity index (χ3v) is 9.07. The monoisotopic (exact) mass is 621 g/mol. The molecular formula is C33H55N3O4S2. The summed E-state index contributed by atoms with van der Waals surface area (Å²) in [6, 6.07) is 7.56. The van der Waals surface area contributed by atoms with E-state index in [0.717, 1.165) is 42.9 Å².